The average molecular weight is 618 g/mol. The van der Waals surface area contributed by atoms with E-state index in [0.29, 0.717) is 33.0 Å². The fourth-order valence-corrected chi connectivity index (χ4v) is 6.31. The predicted octanol–water partition coefficient (Wildman–Crippen LogP) is 7.85. The molecule has 0 saturated carbocycles. The molecule has 3 aromatic carbocycles. The van der Waals surface area contributed by atoms with E-state index in [0.717, 1.165) is 24.0 Å². The first-order valence-electron chi connectivity index (χ1n) is 13.4. The van der Waals surface area contributed by atoms with Crippen LogP contribution in [0.2, 0.25) is 5.02 Å². The van der Waals surface area contributed by atoms with Crippen LogP contribution in [0.1, 0.15) is 42.5 Å². The second-order valence-corrected chi connectivity index (χ2v) is 12.1. The van der Waals surface area contributed by atoms with Crippen LogP contribution in [0, 0.1) is 0 Å². The molecular weight excluding hydrogens is 590 g/mol. The molecule has 7 nitrogen and oxygen atoms in total. The molecule has 42 heavy (non-hydrogen) atoms. The Morgan fingerprint density at radius 2 is 1.81 bits per heavy atom. The summed E-state index contributed by atoms with van der Waals surface area (Å²) in [4.78, 5) is 28.3. The van der Waals surface area contributed by atoms with E-state index in [1.165, 1.54) is 34.1 Å². The molecule has 0 fully saturated rings. The molecule has 1 aliphatic rings. The Bertz CT molecular complexity index is 1600. The van der Waals surface area contributed by atoms with E-state index < -0.39 is 23.5 Å². The number of nitrogens with zero attached hydrogens (tertiary/aromatic N) is 3. The largest absolute Gasteiger partial charge is 0.503 e. The number of allylic oxidation sites excluding steroid dienone is 1. The lowest BCUT2D eigenvalue weighted by Gasteiger charge is -2.24. The molecule has 1 aromatic heterocycles. The lowest BCUT2D eigenvalue weighted by Crippen LogP contribution is -2.30. The van der Waals surface area contributed by atoms with Gasteiger partial charge in [-0.15, -0.1) is 10.2 Å². The van der Waals surface area contributed by atoms with Gasteiger partial charge in [0.1, 0.15) is 5.75 Å². The van der Waals surface area contributed by atoms with E-state index >= 15 is 0 Å². The molecule has 5 rings (SSSR count). The summed E-state index contributed by atoms with van der Waals surface area (Å²) in [6, 6.07) is 23.2. The first-order valence-corrected chi connectivity index (χ1v) is 15.6. The molecule has 1 N–H and O–H groups in total. The Labute approximate surface area is 257 Å². The number of ketones is 1. The zero-order chi connectivity index (χ0) is 29.5. The maximum absolute atomic E-state index is 13.5. The second-order valence-electron chi connectivity index (χ2n) is 9.48. The summed E-state index contributed by atoms with van der Waals surface area (Å²) in [5, 5.41) is 20.5. The number of aliphatic hydroxyl groups is 1. The van der Waals surface area contributed by atoms with E-state index in [4.69, 9.17) is 16.3 Å². The third-order valence-corrected chi connectivity index (χ3v) is 8.92. The molecule has 0 saturated heterocycles. The summed E-state index contributed by atoms with van der Waals surface area (Å²) in [6.45, 7) is 2.69. The number of ether oxygens (including phenoxy) is 1. The van der Waals surface area contributed by atoms with Gasteiger partial charge in [0.15, 0.2) is 15.9 Å². The van der Waals surface area contributed by atoms with E-state index in [9.17, 15) is 14.7 Å². The maximum atomic E-state index is 13.5. The van der Waals surface area contributed by atoms with E-state index in [1.54, 1.807) is 30.3 Å². The summed E-state index contributed by atoms with van der Waals surface area (Å²) in [7, 11) is 0. The first-order chi connectivity index (χ1) is 20.4. The molecule has 0 spiro atoms. The standard InChI is InChI=1S/C32H28ClN3O4S2/c1-2-3-19-40-25-16-12-23(13-17-25)28-27(26(37)18-11-21-7-5-4-6-8-21)29(38)30(39)36(28)31-34-35-32(42-31)41-20-22-9-14-24(33)15-10-22/h4-18,28,38H,2-3,19-20H2,1H3/b18-11+. The Balaban J connectivity index is 1.44. The van der Waals surface area contributed by atoms with Crippen LogP contribution in [0.25, 0.3) is 6.08 Å². The van der Waals surface area contributed by atoms with E-state index in [-0.39, 0.29) is 10.7 Å². The van der Waals surface area contributed by atoms with E-state index in [2.05, 4.69) is 17.1 Å². The van der Waals surface area contributed by atoms with Crippen molar-refractivity contribution in [3.05, 3.63) is 118 Å². The van der Waals surface area contributed by atoms with Crippen molar-refractivity contribution < 1.29 is 19.4 Å². The highest BCUT2D eigenvalue weighted by Gasteiger charge is 2.45. The molecule has 10 heteroatoms. The van der Waals surface area contributed by atoms with Crippen LogP contribution < -0.4 is 9.64 Å². The Hall–Kier alpha value is -3.92. The van der Waals surface area contributed by atoms with Crippen LogP contribution in [0.5, 0.6) is 5.75 Å². The quantitative estimate of drug-likeness (QED) is 0.0749. The normalized spacial score (nSPS) is 15.1. The van der Waals surface area contributed by atoms with Crippen molar-refractivity contribution in [1.29, 1.82) is 0 Å². The molecule has 1 amide bonds. The highest BCUT2D eigenvalue weighted by atomic mass is 35.5. The van der Waals surface area contributed by atoms with Gasteiger partial charge in [0, 0.05) is 10.8 Å². The number of carbonyl (C=O) groups excluding carboxylic acids is 2. The summed E-state index contributed by atoms with van der Waals surface area (Å²) in [5.74, 6) is -0.450. The number of hydrogen-bond acceptors (Lipinski definition) is 8. The molecule has 1 atom stereocenters. The molecule has 2 heterocycles. The summed E-state index contributed by atoms with van der Waals surface area (Å²) in [6.07, 6.45) is 4.99. The number of thioether (sulfide) groups is 1. The van der Waals surface area contributed by atoms with Gasteiger partial charge < -0.3 is 9.84 Å². The Morgan fingerprint density at radius 1 is 1.07 bits per heavy atom. The second kappa shape index (κ2) is 13.8. The lowest BCUT2D eigenvalue weighted by molar-refractivity contribution is -0.117. The van der Waals surface area contributed by atoms with Crippen LogP contribution in [0.3, 0.4) is 0 Å². The summed E-state index contributed by atoms with van der Waals surface area (Å²) < 4.78 is 6.45. The minimum Gasteiger partial charge on any atom is -0.503 e. The van der Waals surface area contributed by atoms with Crippen molar-refractivity contribution in [2.75, 3.05) is 11.5 Å². The first kappa shape index (κ1) is 29.6. The number of anilines is 1. The van der Waals surface area contributed by atoms with Gasteiger partial charge in [0.2, 0.25) is 5.13 Å². The Kier molecular flexibility index (Phi) is 9.74. The third-order valence-electron chi connectivity index (χ3n) is 6.54. The fraction of sp³-hybridized carbons (Fsp3) is 0.188. The van der Waals surface area contributed by atoms with Crippen LogP contribution in [0.15, 0.2) is 101 Å². The van der Waals surface area contributed by atoms with Gasteiger partial charge in [-0.2, -0.15) is 0 Å². The smallest absolute Gasteiger partial charge is 0.296 e. The van der Waals surface area contributed by atoms with Crippen LogP contribution in [0.4, 0.5) is 5.13 Å². The minimum absolute atomic E-state index is 0.0163. The molecule has 0 radical (unpaired) electrons. The van der Waals surface area contributed by atoms with Gasteiger partial charge in [-0.25, -0.2) is 0 Å². The number of rotatable bonds is 12. The molecule has 214 valence electrons. The number of halogens is 1. The molecule has 1 unspecified atom stereocenters. The van der Waals surface area contributed by atoms with E-state index in [1.807, 2.05) is 54.6 Å². The minimum atomic E-state index is -0.891. The van der Waals surface area contributed by atoms with Crippen molar-refractivity contribution in [1.82, 2.24) is 10.2 Å². The Morgan fingerprint density at radius 3 is 2.52 bits per heavy atom. The monoisotopic (exact) mass is 617 g/mol. The number of unbranched alkanes of at least 4 members (excludes halogenated alkanes) is 1. The number of carbonyl (C=O) groups is 2. The van der Waals surface area contributed by atoms with Crippen LogP contribution >= 0.6 is 34.7 Å². The highest BCUT2D eigenvalue weighted by Crippen LogP contribution is 2.43. The molecule has 1 aliphatic heterocycles. The molecule has 4 aromatic rings. The molecular formula is C32H28ClN3O4S2. The number of benzene rings is 3. The molecule has 0 bridgehead atoms. The zero-order valence-corrected chi connectivity index (χ0v) is 25.2. The SMILES string of the molecule is CCCCOc1ccc(C2C(C(=O)/C=C/c3ccccc3)=C(O)C(=O)N2c2nnc(SCc3ccc(Cl)cc3)s2)cc1. The predicted molar refractivity (Wildman–Crippen MR) is 168 cm³/mol. The van der Waals surface area contributed by atoms with Gasteiger partial charge in [-0.1, -0.05) is 109 Å². The van der Waals surface area contributed by atoms with Crippen molar-refractivity contribution in [3.63, 3.8) is 0 Å². The van der Waals surface area contributed by atoms with Gasteiger partial charge in [0.25, 0.3) is 5.91 Å². The van der Waals surface area contributed by atoms with Gasteiger partial charge >= 0.3 is 0 Å². The van der Waals surface area contributed by atoms with Crippen molar-refractivity contribution in [2.45, 2.75) is 35.9 Å². The summed E-state index contributed by atoms with van der Waals surface area (Å²) in [5.41, 5.74) is 2.51. The summed E-state index contributed by atoms with van der Waals surface area (Å²) >= 11 is 8.69. The van der Waals surface area contributed by atoms with Crippen molar-refractivity contribution >= 4 is 57.6 Å². The highest BCUT2D eigenvalue weighted by molar-refractivity contribution is 8.00. The van der Waals surface area contributed by atoms with Crippen molar-refractivity contribution in [3.8, 4) is 5.75 Å². The van der Waals surface area contributed by atoms with Gasteiger partial charge in [-0.3, -0.25) is 14.5 Å². The lowest BCUT2D eigenvalue weighted by atomic mass is 9.95. The maximum Gasteiger partial charge on any atom is 0.296 e. The topological polar surface area (TPSA) is 92.6 Å². The number of amides is 1. The fourth-order valence-electron chi connectivity index (χ4n) is 4.36. The van der Waals surface area contributed by atoms with Gasteiger partial charge in [-0.05, 0) is 53.5 Å². The van der Waals surface area contributed by atoms with Crippen LogP contribution in [-0.2, 0) is 15.3 Å². The van der Waals surface area contributed by atoms with Crippen LogP contribution in [-0.4, -0.2) is 33.6 Å². The molecule has 0 aliphatic carbocycles. The average Bonchev–Trinajstić information content (AvgIpc) is 3.58. The van der Waals surface area contributed by atoms with Gasteiger partial charge in [0.05, 0.1) is 18.2 Å². The number of hydrogen-bond donors (Lipinski definition) is 1. The van der Waals surface area contributed by atoms with Crippen molar-refractivity contribution in [2.24, 2.45) is 0 Å². The number of aliphatic hydroxyl groups excluding tert-OH is 1. The third kappa shape index (κ3) is 6.92. The zero-order valence-electron chi connectivity index (χ0n) is 22.8. The number of aromatic nitrogens is 2.